The molecule has 0 radical (unpaired) electrons. The van der Waals surface area contributed by atoms with Crippen molar-refractivity contribution >= 4 is 32.8 Å². The second-order valence-electron chi connectivity index (χ2n) is 28.6. The Labute approximate surface area is 466 Å². The Kier molecular flexibility index (Phi) is 15.2. The van der Waals surface area contributed by atoms with Gasteiger partial charge in [-0.15, -0.1) is 22.7 Å². The van der Waals surface area contributed by atoms with Gasteiger partial charge in [0, 0.05) is 55.8 Å². The van der Waals surface area contributed by atoms with Crippen LogP contribution in [0.1, 0.15) is 176 Å². The lowest BCUT2D eigenvalue weighted by molar-refractivity contribution is -0.0206. The number of aryl methyl sites for hydroxylation is 1. The van der Waals surface area contributed by atoms with Gasteiger partial charge in [-0.2, -0.15) is 8.42 Å². The normalized spacial score (nSPS) is 34.9. The summed E-state index contributed by atoms with van der Waals surface area (Å²) in [6.45, 7) is 12.3. The van der Waals surface area contributed by atoms with E-state index in [-0.39, 0.29) is 5.41 Å². The summed E-state index contributed by atoms with van der Waals surface area (Å²) in [6.07, 6.45) is 36.7. The predicted molar refractivity (Wildman–Crippen MR) is 318 cm³/mol. The smallest absolute Gasteiger partial charge is 0.261 e. The summed E-state index contributed by atoms with van der Waals surface area (Å²) in [6, 6.07) is 27.4. The Morgan fingerprint density at radius 3 is 1.21 bits per heavy atom. The monoisotopic (exact) mass is 1080 g/mol. The van der Waals surface area contributed by atoms with Gasteiger partial charge >= 0.3 is 0 Å². The van der Waals surface area contributed by atoms with Gasteiger partial charge in [0.1, 0.15) is 0 Å². The molecule has 0 unspecified atom stereocenters. The molecule has 0 spiro atoms. The van der Waals surface area contributed by atoms with E-state index in [1.165, 1.54) is 164 Å². The van der Waals surface area contributed by atoms with Crippen molar-refractivity contribution in [1.29, 1.82) is 0 Å². The van der Waals surface area contributed by atoms with Crippen LogP contribution in [0.2, 0.25) is 0 Å². The van der Waals surface area contributed by atoms with Crippen molar-refractivity contribution in [2.24, 2.45) is 59.2 Å². The Morgan fingerprint density at radius 1 is 0.526 bits per heavy atom. The maximum absolute atomic E-state index is 9.19. The summed E-state index contributed by atoms with van der Waals surface area (Å²) in [7, 11) is -3.67. The molecule has 18 rings (SSSR count). The van der Waals surface area contributed by atoms with Gasteiger partial charge in [-0.05, 0) is 253 Å². The third-order valence-electron chi connectivity index (χ3n) is 20.8. The van der Waals surface area contributed by atoms with E-state index in [9.17, 15) is 8.42 Å². The molecule has 0 amide bonds. The van der Waals surface area contributed by atoms with Crippen molar-refractivity contribution in [3.8, 4) is 20.9 Å². The minimum atomic E-state index is -3.67. The highest BCUT2D eigenvalue weighted by molar-refractivity contribution is 7.85. The molecule has 4 aromatic rings. The lowest BCUT2D eigenvalue weighted by Gasteiger charge is -2.57. The second-order valence-corrected chi connectivity index (χ2v) is 32.4. The van der Waals surface area contributed by atoms with Crippen molar-refractivity contribution in [1.82, 2.24) is 16.0 Å². The Hall–Kier alpha value is -2.89. The first-order chi connectivity index (χ1) is 36.3. The van der Waals surface area contributed by atoms with E-state index in [2.05, 4.69) is 129 Å². The number of benzene rings is 2. The molecule has 0 aliphatic heterocycles. The van der Waals surface area contributed by atoms with E-state index >= 15 is 0 Å². The zero-order chi connectivity index (χ0) is 52.5. The maximum atomic E-state index is 9.19. The molecule has 2 aromatic heterocycles. The molecule has 4 N–H and O–H groups in total. The van der Waals surface area contributed by atoms with Gasteiger partial charge in [-0.25, -0.2) is 0 Å². The molecule has 410 valence electrons. The van der Waals surface area contributed by atoms with Crippen LogP contribution in [0.3, 0.4) is 0 Å². The van der Waals surface area contributed by atoms with Gasteiger partial charge in [-0.3, -0.25) is 4.55 Å². The fourth-order valence-electron chi connectivity index (χ4n) is 18.4. The first-order valence-electron chi connectivity index (χ1n) is 30.3. The molecule has 6 nitrogen and oxygen atoms in total. The van der Waals surface area contributed by atoms with Crippen molar-refractivity contribution in [3.05, 3.63) is 117 Å². The minimum absolute atomic E-state index is 0.223. The fraction of sp³-hybridized carbons (Fsp3) is 0.642. The minimum Gasteiger partial charge on any atom is -0.307 e. The molecule has 14 aliphatic carbocycles. The summed E-state index contributed by atoms with van der Waals surface area (Å²) in [5.41, 5.74) is 10.5. The molecule has 13 fully saturated rings. The molecule has 0 saturated heterocycles. The molecule has 9 heteroatoms. The maximum Gasteiger partial charge on any atom is 0.261 e. The van der Waals surface area contributed by atoms with Crippen molar-refractivity contribution in [2.45, 2.75) is 198 Å². The lowest BCUT2D eigenvalue weighted by atomic mass is 9.53. The molecule has 76 heavy (non-hydrogen) atoms. The Morgan fingerprint density at radius 2 is 0.868 bits per heavy atom. The average Bonchev–Trinajstić information content (AvgIpc) is 3.69. The topological polar surface area (TPSA) is 90.5 Å². The number of thiophene rings is 2. The van der Waals surface area contributed by atoms with E-state index in [4.69, 9.17) is 4.55 Å². The largest absolute Gasteiger partial charge is 0.307 e. The van der Waals surface area contributed by atoms with Crippen LogP contribution in [0.5, 0.6) is 0 Å². The first kappa shape index (κ1) is 53.7. The SMILES string of the molecule is C1=C(CNC23CC4CC(CC(C4)C2)C3)CC=C1C1CC1.CC(C)(C)c1ccc(-c2ccc(CNC34CC5CC(CC(C5)C3)C4)s2)cc1.CS(=O)(=O)O.Cc1ccc(-c2ccc(CNC34CC5CC(CC(C5)C3)C4)s2)cc1. The zero-order valence-electron chi connectivity index (χ0n) is 46.8. The highest BCUT2D eigenvalue weighted by Gasteiger charge is 2.53. The molecule has 13 saturated carbocycles. The van der Waals surface area contributed by atoms with Crippen LogP contribution < -0.4 is 16.0 Å². The highest BCUT2D eigenvalue weighted by atomic mass is 32.2. The summed E-state index contributed by atoms with van der Waals surface area (Å²) in [5, 5.41) is 12.1. The van der Waals surface area contributed by atoms with E-state index in [1.54, 1.807) is 30.4 Å². The average molecular weight is 1080 g/mol. The first-order valence-corrected chi connectivity index (χ1v) is 33.7. The number of hydrogen-bond acceptors (Lipinski definition) is 7. The van der Waals surface area contributed by atoms with Crippen LogP contribution in [0, 0.1) is 66.1 Å². The van der Waals surface area contributed by atoms with Gasteiger partial charge in [-0.1, -0.05) is 92.6 Å². The van der Waals surface area contributed by atoms with Crippen LogP contribution in [0.15, 0.2) is 96.1 Å². The van der Waals surface area contributed by atoms with Crippen molar-refractivity contribution < 1.29 is 13.0 Å². The van der Waals surface area contributed by atoms with Crippen LogP contribution in [-0.2, 0) is 28.6 Å². The van der Waals surface area contributed by atoms with Gasteiger partial charge in [0.05, 0.1) is 6.26 Å². The molecular formula is C67H91N3O3S3. The summed E-state index contributed by atoms with van der Waals surface area (Å²) < 4.78 is 25.9. The van der Waals surface area contributed by atoms with E-state index in [0.29, 0.717) is 22.9 Å². The van der Waals surface area contributed by atoms with Gasteiger partial charge in [0.25, 0.3) is 10.1 Å². The highest BCUT2D eigenvalue weighted by Crippen LogP contribution is 2.58. The molecule has 12 bridgehead atoms. The number of nitrogens with one attached hydrogen (secondary N) is 3. The number of hydrogen-bond donors (Lipinski definition) is 4. The molecule has 0 atom stereocenters. The number of allylic oxidation sites excluding steroid dienone is 3. The zero-order valence-corrected chi connectivity index (χ0v) is 49.3. The fourth-order valence-corrected chi connectivity index (χ4v) is 20.3. The quantitative estimate of drug-likeness (QED) is 0.106. The van der Waals surface area contributed by atoms with Crippen LogP contribution >= 0.6 is 22.7 Å². The Balaban J connectivity index is 0.000000111. The predicted octanol–water partition coefficient (Wildman–Crippen LogP) is 16.3. The van der Waals surface area contributed by atoms with Gasteiger partial charge < -0.3 is 16.0 Å². The van der Waals surface area contributed by atoms with Crippen molar-refractivity contribution in [3.63, 3.8) is 0 Å². The third kappa shape index (κ3) is 13.0. The van der Waals surface area contributed by atoms with Crippen LogP contribution in [0.4, 0.5) is 0 Å². The summed E-state index contributed by atoms with van der Waals surface area (Å²) >= 11 is 3.92. The Bertz CT molecular complexity index is 2730. The number of rotatable bonds is 12. The molecular weight excluding hydrogens is 991 g/mol. The summed E-state index contributed by atoms with van der Waals surface area (Å²) in [4.78, 5) is 5.78. The molecule has 2 heterocycles. The summed E-state index contributed by atoms with van der Waals surface area (Å²) in [5.74, 6) is 10.2. The van der Waals surface area contributed by atoms with Crippen LogP contribution in [0.25, 0.3) is 20.9 Å². The van der Waals surface area contributed by atoms with E-state index in [1.807, 2.05) is 22.7 Å². The van der Waals surface area contributed by atoms with Gasteiger partial charge in [0.2, 0.25) is 0 Å². The standard InChI is InChI=1S/C25H33NS.C22H27NS.C19H27N.CH4O3S/c1-24(2,3)21-6-4-20(5-7-21)23-9-8-22(27-23)16-26-25-13-17-10-18(14-25)12-19(11-17)15-25;1-15-2-4-19(5-3-15)21-7-6-20(24-21)14-23-22-11-16-8-17(12-22)10-18(9-16)13-22;1-2-18(17-3-4-17)8-13(1)12-20-19-9-14-5-15(10-19)7-16(6-14)11-19;1-5(2,3)4/h4-9,17-19,26H,10-16H2,1-3H3;2-7,16-18,23H,8-14H2,1H3;2,8,14-17,20H,1,3-7,9-12H2;1H3,(H,2,3,4). The van der Waals surface area contributed by atoms with E-state index in [0.717, 1.165) is 72.3 Å². The van der Waals surface area contributed by atoms with Crippen molar-refractivity contribution in [2.75, 3.05) is 12.8 Å². The third-order valence-corrected chi connectivity index (χ3v) is 23.1. The van der Waals surface area contributed by atoms with E-state index < -0.39 is 10.1 Å². The lowest BCUT2D eigenvalue weighted by Crippen LogP contribution is -2.58. The van der Waals surface area contributed by atoms with Gasteiger partial charge in [0.15, 0.2) is 0 Å². The molecule has 14 aliphatic rings. The van der Waals surface area contributed by atoms with Crippen LogP contribution in [-0.4, -0.2) is 42.4 Å². The second kappa shape index (κ2) is 21.5. The molecule has 2 aromatic carbocycles.